The molecule has 1 amide bonds. The number of rotatable bonds is 4. The number of amides is 1. The van der Waals surface area contributed by atoms with Crippen LogP contribution in [0.5, 0.6) is 0 Å². The molecule has 1 fully saturated rings. The molecule has 0 atom stereocenters. The van der Waals surface area contributed by atoms with Crippen LogP contribution >= 0.6 is 0 Å². The number of nitrogens with one attached hydrogen (secondary N) is 2. The second kappa shape index (κ2) is 4.77. The van der Waals surface area contributed by atoms with E-state index in [4.69, 9.17) is 0 Å². The van der Waals surface area contributed by atoms with E-state index in [1.54, 1.807) is 4.52 Å². The quantitative estimate of drug-likeness (QED) is 0.896. The Labute approximate surface area is 117 Å². The zero-order valence-electron chi connectivity index (χ0n) is 12.0. The van der Waals surface area contributed by atoms with Crippen LogP contribution in [0.1, 0.15) is 32.3 Å². The average molecular weight is 273 g/mol. The van der Waals surface area contributed by atoms with Crippen molar-refractivity contribution in [3.63, 3.8) is 0 Å². The first kappa shape index (κ1) is 12.9. The molecule has 106 valence electrons. The number of nitrogens with zero attached hydrogens (tertiary/aromatic N) is 3. The second-order valence-electron chi connectivity index (χ2n) is 5.68. The minimum Gasteiger partial charge on any atom is -0.382 e. The summed E-state index contributed by atoms with van der Waals surface area (Å²) in [7, 11) is 0. The third-order valence-corrected chi connectivity index (χ3v) is 3.26. The lowest BCUT2D eigenvalue weighted by atomic mass is 10.2. The lowest BCUT2D eigenvalue weighted by Crippen LogP contribution is -2.14. The van der Waals surface area contributed by atoms with Gasteiger partial charge in [-0.05, 0) is 45.2 Å². The van der Waals surface area contributed by atoms with E-state index in [2.05, 4.69) is 34.6 Å². The molecule has 0 spiro atoms. The molecule has 0 bridgehead atoms. The maximum atomic E-state index is 11.7. The number of hydrogen-bond donors (Lipinski definition) is 2. The van der Waals surface area contributed by atoms with E-state index in [9.17, 15) is 4.79 Å². The summed E-state index contributed by atoms with van der Waals surface area (Å²) in [6.07, 6.45) is 3.84. The van der Waals surface area contributed by atoms with Crippen molar-refractivity contribution in [1.82, 2.24) is 14.6 Å². The fourth-order valence-corrected chi connectivity index (χ4v) is 2.17. The average Bonchev–Trinajstić information content (AvgIpc) is 3.11. The molecule has 2 aromatic rings. The largest absolute Gasteiger partial charge is 0.382 e. The first-order chi connectivity index (χ1) is 9.52. The highest BCUT2D eigenvalue weighted by molar-refractivity contribution is 5.92. The van der Waals surface area contributed by atoms with E-state index in [1.165, 1.54) is 0 Å². The molecule has 6 nitrogen and oxygen atoms in total. The maximum absolute atomic E-state index is 11.7. The standard InChI is InChI=1S/C14H19N5O/c1-8(2)15-11-6-9(3)12-16-14(18-19(12)7-11)17-13(20)10-4-5-10/h6-8,10,15H,4-5H2,1-3H3,(H,17,18,20). The van der Waals surface area contributed by atoms with E-state index in [0.29, 0.717) is 12.0 Å². The highest BCUT2D eigenvalue weighted by Crippen LogP contribution is 2.29. The molecular formula is C14H19N5O. The number of pyridine rings is 1. The molecule has 1 aliphatic carbocycles. The van der Waals surface area contributed by atoms with Gasteiger partial charge in [0.15, 0.2) is 5.65 Å². The third kappa shape index (κ3) is 2.59. The van der Waals surface area contributed by atoms with Crippen LogP contribution in [0.2, 0.25) is 0 Å². The Balaban J connectivity index is 1.89. The van der Waals surface area contributed by atoms with Gasteiger partial charge in [-0.3, -0.25) is 10.1 Å². The number of fused-ring (bicyclic) bond motifs is 1. The Morgan fingerprint density at radius 3 is 2.85 bits per heavy atom. The summed E-state index contributed by atoms with van der Waals surface area (Å²) in [5.74, 6) is 0.562. The van der Waals surface area contributed by atoms with Gasteiger partial charge in [-0.25, -0.2) is 4.52 Å². The first-order valence-electron chi connectivity index (χ1n) is 6.97. The molecule has 2 heterocycles. The zero-order valence-corrected chi connectivity index (χ0v) is 12.0. The van der Waals surface area contributed by atoms with E-state index in [1.807, 2.05) is 19.2 Å². The normalized spacial score (nSPS) is 14.8. The van der Waals surface area contributed by atoms with Crippen LogP contribution in [0.3, 0.4) is 0 Å². The van der Waals surface area contributed by atoms with Crippen molar-refractivity contribution in [3.05, 3.63) is 17.8 Å². The van der Waals surface area contributed by atoms with Crippen molar-refractivity contribution >= 4 is 23.2 Å². The van der Waals surface area contributed by atoms with E-state index >= 15 is 0 Å². The van der Waals surface area contributed by atoms with Gasteiger partial charge in [0.25, 0.3) is 0 Å². The molecule has 20 heavy (non-hydrogen) atoms. The van der Waals surface area contributed by atoms with Crippen LogP contribution in [0, 0.1) is 12.8 Å². The number of aromatic nitrogens is 3. The molecule has 0 unspecified atom stereocenters. The number of hydrogen-bond acceptors (Lipinski definition) is 4. The Kier molecular flexibility index (Phi) is 3.08. The fourth-order valence-electron chi connectivity index (χ4n) is 2.17. The predicted octanol–water partition coefficient (Wildman–Crippen LogP) is 2.21. The molecule has 2 N–H and O–H groups in total. The second-order valence-corrected chi connectivity index (χ2v) is 5.68. The monoisotopic (exact) mass is 273 g/mol. The Hall–Kier alpha value is -2.11. The van der Waals surface area contributed by atoms with Gasteiger partial charge in [-0.1, -0.05) is 0 Å². The van der Waals surface area contributed by atoms with Crippen molar-refractivity contribution in [2.75, 3.05) is 10.6 Å². The fraction of sp³-hybridized carbons (Fsp3) is 0.500. The van der Waals surface area contributed by atoms with Crippen LogP contribution in [0.4, 0.5) is 11.6 Å². The van der Waals surface area contributed by atoms with Gasteiger partial charge in [0.05, 0.1) is 11.9 Å². The summed E-state index contributed by atoms with van der Waals surface area (Å²) in [5, 5.41) is 10.4. The minimum atomic E-state index is 0.0269. The van der Waals surface area contributed by atoms with E-state index < -0.39 is 0 Å². The molecular weight excluding hydrogens is 254 g/mol. The number of carbonyl (C=O) groups is 1. The van der Waals surface area contributed by atoms with Gasteiger partial charge in [0.2, 0.25) is 11.9 Å². The molecule has 0 radical (unpaired) electrons. The molecule has 1 aliphatic rings. The van der Waals surface area contributed by atoms with Crippen molar-refractivity contribution in [2.45, 2.75) is 39.7 Å². The highest BCUT2D eigenvalue weighted by atomic mass is 16.2. The summed E-state index contributed by atoms with van der Waals surface area (Å²) in [5.41, 5.74) is 2.79. The van der Waals surface area contributed by atoms with E-state index in [-0.39, 0.29) is 11.8 Å². The molecule has 0 saturated heterocycles. The summed E-state index contributed by atoms with van der Waals surface area (Å²) in [6.45, 7) is 6.16. The van der Waals surface area contributed by atoms with Crippen LogP contribution in [0.15, 0.2) is 12.3 Å². The topological polar surface area (TPSA) is 71.3 Å². The predicted molar refractivity (Wildman–Crippen MR) is 77.8 cm³/mol. The molecule has 2 aromatic heterocycles. The van der Waals surface area contributed by atoms with Gasteiger partial charge >= 0.3 is 0 Å². The molecule has 3 rings (SSSR count). The van der Waals surface area contributed by atoms with Gasteiger partial charge in [0.1, 0.15) is 0 Å². The van der Waals surface area contributed by atoms with Crippen molar-refractivity contribution in [2.24, 2.45) is 5.92 Å². The SMILES string of the molecule is Cc1cc(NC(C)C)cn2nc(NC(=O)C3CC3)nc12. The highest BCUT2D eigenvalue weighted by Gasteiger charge is 2.30. The Bertz CT molecular complexity index is 657. The zero-order chi connectivity index (χ0) is 14.3. The van der Waals surface area contributed by atoms with Crippen LogP contribution in [0.25, 0.3) is 5.65 Å². The van der Waals surface area contributed by atoms with Gasteiger partial charge in [-0.15, -0.1) is 5.10 Å². The van der Waals surface area contributed by atoms with Gasteiger partial charge in [-0.2, -0.15) is 4.98 Å². The summed E-state index contributed by atoms with van der Waals surface area (Å²) in [4.78, 5) is 16.1. The lowest BCUT2D eigenvalue weighted by Gasteiger charge is -2.10. The smallest absolute Gasteiger partial charge is 0.249 e. The molecule has 6 heteroatoms. The minimum absolute atomic E-state index is 0.0269. The summed E-state index contributed by atoms with van der Waals surface area (Å²) in [6, 6.07) is 2.39. The van der Waals surface area contributed by atoms with Crippen LogP contribution in [-0.2, 0) is 4.79 Å². The number of anilines is 2. The maximum Gasteiger partial charge on any atom is 0.249 e. The first-order valence-corrected chi connectivity index (χ1v) is 6.97. The lowest BCUT2D eigenvalue weighted by molar-refractivity contribution is -0.117. The number of carbonyl (C=O) groups excluding carboxylic acids is 1. The van der Waals surface area contributed by atoms with Crippen LogP contribution in [-0.4, -0.2) is 26.5 Å². The van der Waals surface area contributed by atoms with Crippen molar-refractivity contribution in [1.29, 1.82) is 0 Å². The Morgan fingerprint density at radius 1 is 1.45 bits per heavy atom. The van der Waals surface area contributed by atoms with E-state index in [0.717, 1.165) is 29.7 Å². The van der Waals surface area contributed by atoms with Gasteiger partial charge < -0.3 is 5.32 Å². The summed E-state index contributed by atoms with van der Waals surface area (Å²) < 4.78 is 1.71. The summed E-state index contributed by atoms with van der Waals surface area (Å²) >= 11 is 0. The molecule has 0 aromatic carbocycles. The third-order valence-electron chi connectivity index (χ3n) is 3.26. The van der Waals surface area contributed by atoms with Gasteiger partial charge in [0, 0.05) is 12.0 Å². The van der Waals surface area contributed by atoms with Crippen LogP contribution < -0.4 is 10.6 Å². The number of aryl methyl sites for hydroxylation is 1. The van der Waals surface area contributed by atoms with Crippen molar-refractivity contribution in [3.8, 4) is 0 Å². The molecule has 1 saturated carbocycles. The molecule has 0 aliphatic heterocycles. The van der Waals surface area contributed by atoms with Crippen molar-refractivity contribution < 1.29 is 4.79 Å². The Morgan fingerprint density at radius 2 is 2.20 bits per heavy atom.